The second-order valence-corrected chi connectivity index (χ2v) is 7.98. The Morgan fingerprint density at radius 3 is 2.22 bits per heavy atom. The lowest BCUT2D eigenvalue weighted by molar-refractivity contribution is 0.666. The standard InChI is InChI=1S/C16H15IO/c1-10-4-6-12-13-7-5-11(16(2,3)17)9-15(13)18-14(12)8-10/h4-9H,1-3H3. The van der Waals surface area contributed by atoms with Crippen molar-refractivity contribution in [1.29, 1.82) is 0 Å². The topological polar surface area (TPSA) is 13.1 Å². The van der Waals surface area contributed by atoms with E-state index in [-0.39, 0.29) is 3.42 Å². The van der Waals surface area contributed by atoms with Crippen LogP contribution in [0.15, 0.2) is 40.8 Å². The zero-order valence-electron chi connectivity index (χ0n) is 10.8. The van der Waals surface area contributed by atoms with Crippen molar-refractivity contribution in [3.63, 3.8) is 0 Å². The van der Waals surface area contributed by atoms with Gasteiger partial charge in [0.2, 0.25) is 0 Å². The van der Waals surface area contributed by atoms with E-state index in [0.29, 0.717) is 0 Å². The SMILES string of the molecule is Cc1ccc2c(c1)oc1cc(C(C)(C)I)ccc12. The summed E-state index contributed by atoms with van der Waals surface area (Å²) in [5.41, 5.74) is 4.49. The van der Waals surface area contributed by atoms with Gasteiger partial charge >= 0.3 is 0 Å². The van der Waals surface area contributed by atoms with E-state index in [1.54, 1.807) is 0 Å². The van der Waals surface area contributed by atoms with Crippen molar-refractivity contribution >= 4 is 44.5 Å². The minimum absolute atomic E-state index is 0.126. The molecule has 0 saturated carbocycles. The number of rotatable bonds is 1. The Labute approximate surface area is 120 Å². The molecule has 3 aromatic rings. The Hall–Kier alpha value is -1.03. The monoisotopic (exact) mass is 350 g/mol. The second kappa shape index (κ2) is 3.98. The summed E-state index contributed by atoms with van der Waals surface area (Å²) in [6.07, 6.45) is 0. The molecule has 2 heteroatoms. The molecule has 3 rings (SSSR count). The van der Waals surface area contributed by atoms with Gasteiger partial charge in [0.05, 0.1) is 0 Å². The van der Waals surface area contributed by atoms with Crippen molar-refractivity contribution < 1.29 is 4.42 Å². The predicted molar refractivity (Wildman–Crippen MR) is 85.5 cm³/mol. The van der Waals surface area contributed by atoms with Crippen LogP contribution in [0.3, 0.4) is 0 Å². The van der Waals surface area contributed by atoms with Crippen molar-refractivity contribution in [1.82, 2.24) is 0 Å². The van der Waals surface area contributed by atoms with E-state index in [1.165, 1.54) is 21.9 Å². The first-order valence-electron chi connectivity index (χ1n) is 6.07. The largest absolute Gasteiger partial charge is 0.456 e. The zero-order valence-corrected chi connectivity index (χ0v) is 12.9. The van der Waals surface area contributed by atoms with Gasteiger partial charge in [-0.1, -0.05) is 46.9 Å². The van der Waals surface area contributed by atoms with Gasteiger partial charge in [0.25, 0.3) is 0 Å². The third-order valence-electron chi connectivity index (χ3n) is 3.32. The fourth-order valence-electron chi connectivity index (χ4n) is 2.25. The minimum Gasteiger partial charge on any atom is -0.456 e. The lowest BCUT2D eigenvalue weighted by Gasteiger charge is -2.16. The quantitative estimate of drug-likeness (QED) is 0.413. The van der Waals surface area contributed by atoms with Crippen LogP contribution < -0.4 is 0 Å². The van der Waals surface area contributed by atoms with Crippen molar-refractivity contribution in [2.45, 2.75) is 24.2 Å². The molecule has 0 aliphatic heterocycles. The van der Waals surface area contributed by atoms with Crippen LogP contribution >= 0.6 is 22.6 Å². The van der Waals surface area contributed by atoms with E-state index in [0.717, 1.165) is 11.2 Å². The first-order chi connectivity index (χ1) is 8.45. The summed E-state index contributed by atoms with van der Waals surface area (Å²) in [6, 6.07) is 12.9. The summed E-state index contributed by atoms with van der Waals surface area (Å²) in [6.45, 7) is 6.51. The molecule has 18 heavy (non-hydrogen) atoms. The van der Waals surface area contributed by atoms with E-state index in [2.05, 4.69) is 79.8 Å². The average molecular weight is 350 g/mol. The molecule has 0 radical (unpaired) electrons. The molecule has 0 fully saturated rings. The lowest BCUT2D eigenvalue weighted by atomic mass is 10.0. The van der Waals surface area contributed by atoms with Crippen LogP contribution in [-0.4, -0.2) is 0 Å². The molecular weight excluding hydrogens is 335 g/mol. The molecule has 0 bridgehead atoms. The molecule has 0 atom stereocenters. The summed E-state index contributed by atoms with van der Waals surface area (Å²) >= 11 is 2.46. The maximum absolute atomic E-state index is 5.97. The van der Waals surface area contributed by atoms with Crippen LogP contribution in [0.4, 0.5) is 0 Å². The summed E-state index contributed by atoms with van der Waals surface area (Å²) in [5, 5.41) is 2.41. The molecule has 92 valence electrons. The van der Waals surface area contributed by atoms with Gasteiger partial charge in [0.1, 0.15) is 11.2 Å². The summed E-state index contributed by atoms with van der Waals surface area (Å²) in [4.78, 5) is 0. The third kappa shape index (κ3) is 1.92. The van der Waals surface area contributed by atoms with E-state index in [4.69, 9.17) is 4.42 Å². The Kier molecular flexibility index (Phi) is 2.66. The Bertz CT molecular complexity index is 732. The molecule has 2 aromatic carbocycles. The Morgan fingerprint density at radius 1 is 0.944 bits per heavy atom. The number of benzene rings is 2. The van der Waals surface area contributed by atoms with Crippen molar-refractivity contribution in [2.75, 3.05) is 0 Å². The maximum atomic E-state index is 5.97. The molecule has 0 spiro atoms. The van der Waals surface area contributed by atoms with Crippen molar-refractivity contribution in [3.8, 4) is 0 Å². The first-order valence-corrected chi connectivity index (χ1v) is 7.15. The summed E-state index contributed by atoms with van der Waals surface area (Å²) < 4.78 is 6.09. The van der Waals surface area contributed by atoms with Gasteiger partial charge in [0, 0.05) is 14.2 Å². The minimum atomic E-state index is 0.126. The number of halogens is 1. The molecule has 0 aliphatic rings. The molecule has 1 nitrogen and oxygen atoms in total. The van der Waals surface area contributed by atoms with Gasteiger partial charge in [-0.05, 0) is 44.0 Å². The van der Waals surface area contributed by atoms with Crippen molar-refractivity contribution in [2.24, 2.45) is 0 Å². The first kappa shape index (κ1) is 12.0. The highest BCUT2D eigenvalue weighted by Gasteiger charge is 2.17. The third-order valence-corrected chi connectivity index (χ3v) is 3.94. The second-order valence-electron chi connectivity index (χ2n) is 5.29. The van der Waals surface area contributed by atoms with Crippen LogP contribution in [0.5, 0.6) is 0 Å². The van der Waals surface area contributed by atoms with E-state index < -0.39 is 0 Å². The number of furan rings is 1. The molecule has 1 heterocycles. The molecule has 0 unspecified atom stereocenters. The van der Waals surface area contributed by atoms with Gasteiger partial charge in [0.15, 0.2) is 0 Å². The fraction of sp³-hybridized carbons (Fsp3) is 0.250. The Balaban J connectivity index is 2.33. The van der Waals surface area contributed by atoms with Crippen LogP contribution in [0.2, 0.25) is 0 Å². The number of hydrogen-bond acceptors (Lipinski definition) is 1. The number of hydrogen-bond donors (Lipinski definition) is 0. The van der Waals surface area contributed by atoms with E-state index in [9.17, 15) is 0 Å². The average Bonchev–Trinajstić information content (AvgIpc) is 2.63. The highest BCUT2D eigenvalue weighted by Crippen LogP contribution is 2.35. The van der Waals surface area contributed by atoms with Gasteiger partial charge < -0.3 is 4.42 Å². The van der Waals surface area contributed by atoms with Gasteiger partial charge in [-0.2, -0.15) is 0 Å². The fourth-order valence-corrected chi connectivity index (χ4v) is 2.59. The number of aryl methyl sites for hydroxylation is 1. The summed E-state index contributed by atoms with van der Waals surface area (Å²) in [5.74, 6) is 0. The smallest absolute Gasteiger partial charge is 0.135 e. The lowest BCUT2D eigenvalue weighted by Crippen LogP contribution is -2.05. The van der Waals surface area contributed by atoms with Crippen LogP contribution in [0.25, 0.3) is 21.9 Å². The summed E-state index contributed by atoms with van der Waals surface area (Å²) in [7, 11) is 0. The van der Waals surface area contributed by atoms with Crippen LogP contribution in [0.1, 0.15) is 25.0 Å². The zero-order chi connectivity index (χ0) is 12.9. The highest BCUT2D eigenvalue weighted by atomic mass is 127. The van der Waals surface area contributed by atoms with E-state index in [1.807, 2.05) is 0 Å². The molecule has 0 saturated heterocycles. The number of fused-ring (bicyclic) bond motifs is 3. The molecule has 0 N–H and O–H groups in total. The van der Waals surface area contributed by atoms with Gasteiger partial charge in [-0.3, -0.25) is 0 Å². The van der Waals surface area contributed by atoms with Gasteiger partial charge in [-0.15, -0.1) is 0 Å². The highest BCUT2D eigenvalue weighted by molar-refractivity contribution is 14.1. The normalized spacial score (nSPS) is 12.4. The van der Waals surface area contributed by atoms with Crippen molar-refractivity contribution in [3.05, 3.63) is 47.5 Å². The predicted octanol–water partition coefficient (Wildman–Crippen LogP) is 5.56. The molecule has 0 amide bonds. The van der Waals surface area contributed by atoms with Crippen LogP contribution in [-0.2, 0) is 3.42 Å². The molecule has 0 aliphatic carbocycles. The van der Waals surface area contributed by atoms with E-state index >= 15 is 0 Å². The number of alkyl halides is 1. The van der Waals surface area contributed by atoms with Gasteiger partial charge in [-0.25, -0.2) is 0 Å². The molecular formula is C16H15IO. The van der Waals surface area contributed by atoms with Crippen LogP contribution in [0, 0.1) is 6.92 Å². The maximum Gasteiger partial charge on any atom is 0.135 e. The Morgan fingerprint density at radius 2 is 1.56 bits per heavy atom. The molecule has 1 aromatic heterocycles.